The Morgan fingerprint density at radius 1 is 1.17 bits per heavy atom. The third kappa shape index (κ3) is 3.85. The fraction of sp³-hybridized carbons (Fsp3) is 0.565. The van der Waals surface area contributed by atoms with Gasteiger partial charge in [-0.3, -0.25) is 9.59 Å². The van der Waals surface area contributed by atoms with Crippen LogP contribution >= 0.6 is 0 Å². The van der Waals surface area contributed by atoms with Crippen LogP contribution in [0.2, 0.25) is 0 Å². The van der Waals surface area contributed by atoms with E-state index < -0.39 is 5.97 Å². The smallest absolute Gasteiger partial charge is 0.338 e. The number of ether oxygens (including phenoxy) is 1. The van der Waals surface area contributed by atoms with Crippen LogP contribution in [0.4, 0.5) is 0 Å². The first kappa shape index (κ1) is 20.6. The van der Waals surface area contributed by atoms with Crippen LogP contribution in [0.15, 0.2) is 23.0 Å². The van der Waals surface area contributed by atoms with Crippen LogP contribution in [0.25, 0.3) is 11.0 Å². The number of hydrogen-bond acceptors (Lipinski definition) is 5. The van der Waals surface area contributed by atoms with Crippen LogP contribution in [0.5, 0.6) is 0 Å². The minimum absolute atomic E-state index is 0.102. The quantitative estimate of drug-likeness (QED) is 0.722. The molecule has 1 amide bonds. The molecule has 2 heterocycles. The van der Waals surface area contributed by atoms with E-state index >= 15 is 0 Å². The summed E-state index contributed by atoms with van der Waals surface area (Å²) in [7, 11) is 0. The first-order chi connectivity index (χ1) is 14.5. The third-order valence-electron chi connectivity index (χ3n) is 6.55. The number of carbonyl (C=O) groups excluding carboxylic acids is 2. The van der Waals surface area contributed by atoms with Crippen molar-refractivity contribution >= 4 is 22.9 Å². The number of rotatable bonds is 4. The van der Waals surface area contributed by atoms with Gasteiger partial charge in [0.1, 0.15) is 5.69 Å². The zero-order valence-electron chi connectivity index (χ0n) is 17.7. The van der Waals surface area contributed by atoms with Gasteiger partial charge >= 0.3 is 5.97 Å². The molecule has 4 rings (SSSR count). The van der Waals surface area contributed by atoms with E-state index in [4.69, 9.17) is 4.74 Å². The second kappa shape index (κ2) is 8.58. The molecule has 0 spiro atoms. The molecule has 1 saturated heterocycles. The summed E-state index contributed by atoms with van der Waals surface area (Å²) in [6, 6.07) is 5.26. The molecule has 0 N–H and O–H groups in total. The van der Waals surface area contributed by atoms with Gasteiger partial charge in [-0.25, -0.2) is 9.78 Å². The van der Waals surface area contributed by atoms with Crippen LogP contribution < -0.4 is 5.56 Å². The van der Waals surface area contributed by atoms with E-state index in [1.807, 2.05) is 11.8 Å². The van der Waals surface area contributed by atoms with Crippen molar-refractivity contribution in [1.29, 1.82) is 0 Å². The Morgan fingerprint density at radius 2 is 1.93 bits per heavy atom. The second-order valence-corrected chi connectivity index (χ2v) is 8.37. The van der Waals surface area contributed by atoms with Gasteiger partial charge in [0.2, 0.25) is 0 Å². The number of carbonyl (C=O) groups is 2. The van der Waals surface area contributed by atoms with Crippen molar-refractivity contribution in [1.82, 2.24) is 14.5 Å². The standard InChI is InChI=1S/C23H29N3O4/c1-3-25-20-11-10-17(13-18(20)24-15(2)22(25)28)23(29)30-14-21(27)26-12-6-8-16-7-4-5-9-19(16)26/h10-11,13,16,19H,3-9,12,14H2,1-2H3/t16-,19+/m0/s1. The SMILES string of the molecule is CCn1c(=O)c(C)nc2cc(C(=O)OCC(=O)N3CCC[C@@H]4CCCC[C@H]43)ccc21. The van der Waals surface area contributed by atoms with Crippen molar-refractivity contribution in [2.24, 2.45) is 5.92 Å². The predicted molar refractivity (Wildman–Crippen MR) is 113 cm³/mol. The molecule has 0 radical (unpaired) electrons. The highest BCUT2D eigenvalue weighted by molar-refractivity contribution is 5.94. The summed E-state index contributed by atoms with van der Waals surface area (Å²) in [5.74, 6) is -0.0520. The normalized spacial score (nSPS) is 21.3. The number of esters is 1. The molecule has 7 heteroatoms. The van der Waals surface area contributed by atoms with Crippen LogP contribution in [-0.4, -0.2) is 45.5 Å². The van der Waals surface area contributed by atoms with Crippen LogP contribution in [-0.2, 0) is 16.1 Å². The molecular weight excluding hydrogens is 382 g/mol. The van der Waals surface area contributed by atoms with E-state index in [9.17, 15) is 14.4 Å². The number of hydrogen-bond donors (Lipinski definition) is 0. The van der Waals surface area contributed by atoms with E-state index in [1.165, 1.54) is 19.3 Å². The summed E-state index contributed by atoms with van der Waals surface area (Å²) >= 11 is 0. The molecule has 1 aromatic heterocycles. The van der Waals surface area contributed by atoms with Crippen molar-refractivity contribution in [3.63, 3.8) is 0 Å². The monoisotopic (exact) mass is 411 g/mol. The van der Waals surface area contributed by atoms with Gasteiger partial charge in [0.15, 0.2) is 6.61 Å². The molecule has 1 aliphatic heterocycles. The summed E-state index contributed by atoms with van der Waals surface area (Å²) < 4.78 is 6.99. The van der Waals surface area contributed by atoms with Crippen molar-refractivity contribution < 1.29 is 14.3 Å². The Morgan fingerprint density at radius 3 is 2.73 bits per heavy atom. The van der Waals surface area contributed by atoms with Gasteiger partial charge in [-0.1, -0.05) is 12.8 Å². The molecule has 2 fully saturated rings. The van der Waals surface area contributed by atoms with Crippen molar-refractivity contribution in [3.05, 3.63) is 39.8 Å². The Bertz CT molecular complexity index is 1030. The Labute approximate surface area is 176 Å². The molecular formula is C23H29N3O4. The molecule has 30 heavy (non-hydrogen) atoms. The first-order valence-electron chi connectivity index (χ1n) is 11.0. The maximum atomic E-state index is 12.8. The van der Waals surface area contributed by atoms with Gasteiger partial charge in [-0.2, -0.15) is 0 Å². The highest BCUT2D eigenvalue weighted by atomic mass is 16.5. The highest BCUT2D eigenvalue weighted by Gasteiger charge is 2.35. The van der Waals surface area contributed by atoms with Crippen molar-refractivity contribution in [2.45, 2.75) is 65.0 Å². The Hall–Kier alpha value is -2.70. The van der Waals surface area contributed by atoms with Gasteiger partial charge in [0.05, 0.1) is 16.6 Å². The predicted octanol–water partition coefficient (Wildman–Crippen LogP) is 3.06. The fourth-order valence-corrected chi connectivity index (χ4v) is 5.04. The number of benzene rings is 1. The molecule has 160 valence electrons. The summed E-state index contributed by atoms with van der Waals surface area (Å²) in [5.41, 5.74) is 1.83. The maximum Gasteiger partial charge on any atom is 0.338 e. The molecule has 2 atom stereocenters. The Balaban J connectivity index is 1.46. The minimum Gasteiger partial charge on any atom is -0.452 e. The molecule has 0 unspecified atom stereocenters. The molecule has 1 aromatic carbocycles. The summed E-state index contributed by atoms with van der Waals surface area (Å²) in [6.45, 7) is 4.60. The lowest BCUT2D eigenvalue weighted by molar-refractivity contribution is -0.140. The Kier molecular flexibility index (Phi) is 5.88. The zero-order chi connectivity index (χ0) is 21.3. The van der Waals surface area contributed by atoms with Gasteiger partial charge < -0.3 is 14.2 Å². The molecule has 1 aliphatic carbocycles. The molecule has 0 bridgehead atoms. The molecule has 2 aliphatic rings. The second-order valence-electron chi connectivity index (χ2n) is 8.37. The number of likely N-dealkylation sites (tertiary alicyclic amines) is 1. The van der Waals surface area contributed by atoms with Crippen molar-refractivity contribution in [2.75, 3.05) is 13.2 Å². The summed E-state index contributed by atoms with van der Waals surface area (Å²) in [5, 5.41) is 0. The lowest BCUT2D eigenvalue weighted by Gasteiger charge is -2.44. The number of amides is 1. The maximum absolute atomic E-state index is 12.8. The molecule has 2 aromatic rings. The third-order valence-corrected chi connectivity index (χ3v) is 6.55. The molecule has 1 saturated carbocycles. The zero-order valence-corrected chi connectivity index (χ0v) is 17.7. The minimum atomic E-state index is -0.545. The van der Waals surface area contributed by atoms with E-state index in [0.717, 1.165) is 25.8 Å². The number of aromatic nitrogens is 2. The largest absolute Gasteiger partial charge is 0.452 e. The average molecular weight is 412 g/mol. The topological polar surface area (TPSA) is 81.5 Å². The van der Waals surface area contributed by atoms with Crippen LogP contribution in [0, 0.1) is 12.8 Å². The number of piperidine rings is 1. The van der Waals surface area contributed by atoms with Gasteiger partial charge in [-0.15, -0.1) is 0 Å². The number of fused-ring (bicyclic) bond motifs is 2. The summed E-state index contributed by atoms with van der Waals surface area (Å²) in [6.07, 6.45) is 6.88. The van der Waals surface area contributed by atoms with Crippen LogP contribution in [0.1, 0.15) is 61.5 Å². The number of aryl methyl sites for hydroxylation is 2. The fourth-order valence-electron chi connectivity index (χ4n) is 5.04. The van der Waals surface area contributed by atoms with Crippen LogP contribution in [0.3, 0.4) is 0 Å². The number of nitrogens with zero attached hydrogens (tertiary/aromatic N) is 3. The van der Waals surface area contributed by atoms with Gasteiger partial charge in [0.25, 0.3) is 11.5 Å². The summed E-state index contributed by atoms with van der Waals surface area (Å²) in [4.78, 5) is 43.8. The van der Waals surface area contributed by atoms with E-state index in [0.29, 0.717) is 40.8 Å². The van der Waals surface area contributed by atoms with Gasteiger partial charge in [0, 0.05) is 19.1 Å². The first-order valence-corrected chi connectivity index (χ1v) is 11.0. The van der Waals surface area contributed by atoms with E-state index in [2.05, 4.69) is 4.98 Å². The van der Waals surface area contributed by atoms with Crippen molar-refractivity contribution in [3.8, 4) is 0 Å². The lowest BCUT2D eigenvalue weighted by atomic mass is 9.78. The average Bonchev–Trinajstić information content (AvgIpc) is 2.77. The lowest BCUT2D eigenvalue weighted by Crippen LogP contribution is -2.50. The van der Waals surface area contributed by atoms with Gasteiger partial charge in [-0.05, 0) is 63.6 Å². The molecule has 7 nitrogen and oxygen atoms in total. The van der Waals surface area contributed by atoms with E-state index in [-0.39, 0.29) is 18.1 Å². The van der Waals surface area contributed by atoms with E-state index in [1.54, 1.807) is 29.7 Å². The highest BCUT2D eigenvalue weighted by Crippen LogP contribution is 2.35.